The van der Waals surface area contributed by atoms with Crippen molar-refractivity contribution in [1.29, 1.82) is 0 Å². The fourth-order valence-electron chi connectivity index (χ4n) is 6.88. The molecule has 3 saturated heterocycles. The van der Waals surface area contributed by atoms with E-state index < -0.39 is 0 Å². The van der Waals surface area contributed by atoms with Gasteiger partial charge in [0, 0.05) is 38.0 Å². The molecule has 0 aromatic carbocycles. The molecule has 5 nitrogen and oxygen atoms in total. The summed E-state index contributed by atoms with van der Waals surface area (Å²) in [7, 11) is 0. The normalized spacial score (nSPS) is 43.6. The largest absolute Gasteiger partial charge is 0.346 e. The molecule has 5 atom stereocenters. The van der Waals surface area contributed by atoms with Crippen molar-refractivity contribution in [1.82, 2.24) is 9.80 Å². The SMILES string of the molecule is CC1CC2CC(C)C3(OCC4(CCN(C(=O)N5CCCC5)CC4)O3)C(C1)C2. The number of likely N-dealkylation sites (tertiary alicyclic amines) is 2. The van der Waals surface area contributed by atoms with Crippen LogP contribution in [0.2, 0.25) is 0 Å². The maximum absolute atomic E-state index is 12.7. The number of nitrogens with zero attached hydrogens (tertiary/aromatic N) is 2. The van der Waals surface area contributed by atoms with E-state index in [0.717, 1.165) is 70.3 Å². The molecule has 5 unspecified atom stereocenters. The predicted molar refractivity (Wildman–Crippen MR) is 103 cm³/mol. The summed E-state index contributed by atoms with van der Waals surface area (Å²) in [6.45, 7) is 8.96. The minimum absolute atomic E-state index is 0.163. The molecule has 0 aromatic rings. The van der Waals surface area contributed by atoms with E-state index in [-0.39, 0.29) is 17.4 Å². The molecule has 27 heavy (non-hydrogen) atoms. The maximum Gasteiger partial charge on any atom is 0.320 e. The smallest absolute Gasteiger partial charge is 0.320 e. The average molecular weight is 377 g/mol. The highest BCUT2D eigenvalue weighted by Gasteiger charge is 2.61. The first-order chi connectivity index (χ1) is 13.0. The fourth-order valence-corrected chi connectivity index (χ4v) is 6.88. The van der Waals surface area contributed by atoms with Crippen LogP contribution in [-0.4, -0.2) is 60.0 Å². The van der Waals surface area contributed by atoms with Crippen molar-refractivity contribution in [3.8, 4) is 0 Å². The Morgan fingerprint density at radius 1 is 0.926 bits per heavy atom. The van der Waals surface area contributed by atoms with Gasteiger partial charge in [-0.15, -0.1) is 0 Å². The number of carbonyl (C=O) groups excluding carboxylic acids is 1. The van der Waals surface area contributed by atoms with Crippen LogP contribution < -0.4 is 0 Å². The molecular formula is C22H36N2O3. The molecule has 5 rings (SSSR count). The quantitative estimate of drug-likeness (QED) is 0.644. The highest BCUT2D eigenvalue weighted by molar-refractivity contribution is 5.74. The van der Waals surface area contributed by atoms with Gasteiger partial charge < -0.3 is 19.3 Å². The van der Waals surface area contributed by atoms with Crippen molar-refractivity contribution >= 4 is 6.03 Å². The van der Waals surface area contributed by atoms with Gasteiger partial charge in [-0.1, -0.05) is 13.8 Å². The molecule has 0 N–H and O–H groups in total. The van der Waals surface area contributed by atoms with Crippen molar-refractivity contribution in [3.63, 3.8) is 0 Å². The van der Waals surface area contributed by atoms with Crippen LogP contribution in [0.4, 0.5) is 4.79 Å². The lowest BCUT2D eigenvalue weighted by Crippen LogP contribution is -2.56. The molecule has 3 aliphatic heterocycles. The molecular weight excluding hydrogens is 340 g/mol. The summed E-state index contributed by atoms with van der Waals surface area (Å²) < 4.78 is 13.5. The lowest BCUT2D eigenvalue weighted by atomic mass is 9.62. The van der Waals surface area contributed by atoms with Gasteiger partial charge in [0.2, 0.25) is 0 Å². The highest BCUT2D eigenvalue weighted by atomic mass is 16.8. The first-order valence-electron chi connectivity index (χ1n) is 11.4. The minimum Gasteiger partial charge on any atom is -0.346 e. The second-order valence-corrected chi connectivity index (χ2v) is 10.3. The van der Waals surface area contributed by atoms with Gasteiger partial charge in [-0.2, -0.15) is 0 Å². The summed E-state index contributed by atoms with van der Waals surface area (Å²) in [6.07, 6.45) is 9.32. The maximum atomic E-state index is 12.7. The Kier molecular flexibility index (Phi) is 4.47. The van der Waals surface area contributed by atoms with E-state index in [1.54, 1.807) is 0 Å². The van der Waals surface area contributed by atoms with Crippen LogP contribution in [0.25, 0.3) is 0 Å². The Labute approximate surface area is 163 Å². The Morgan fingerprint density at radius 2 is 1.63 bits per heavy atom. The van der Waals surface area contributed by atoms with Crippen molar-refractivity contribution in [2.45, 2.75) is 76.6 Å². The Hall–Kier alpha value is -0.810. The molecule has 152 valence electrons. The molecule has 2 amide bonds. The van der Waals surface area contributed by atoms with Crippen LogP contribution in [0.5, 0.6) is 0 Å². The van der Waals surface area contributed by atoms with Gasteiger partial charge in [0.05, 0.1) is 12.2 Å². The van der Waals surface area contributed by atoms with E-state index in [4.69, 9.17) is 9.47 Å². The van der Waals surface area contributed by atoms with E-state index in [9.17, 15) is 4.79 Å². The second kappa shape index (κ2) is 6.62. The van der Waals surface area contributed by atoms with E-state index >= 15 is 0 Å². The van der Waals surface area contributed by atoms with Gasteiger partial charge in [0.25, 0.3) is 0 Å². The highest BCUT2D eigenvalue weighted by Crippen LogP contribution is 2.56. The number of rotatable bonds is 0. The van der Waals surface area contributed by atoms with E-state index in [0.29, 0.717) is 11.8 Å². The first kappa shape index (κ1) is 18.2. The number of urea groups is 1. The summed E-state index contributed by atoms with van der Waals surface area (Å²) in [6, 6.07) is 0.242. The molecule has 2 saturated carbocycles. The monoisotopic (exact) mass is 376 g/mol. The molecule has 5 aliphatic rings. The molecule has 2 bridgehead atoms. The number of piperidine rings is 1. The second-order valence-electron chi connectivity index (χ2n) is 10.3. The zero-order chi connectivity index (χ0) is 18.6. The lowest BCUT2D eigenvalue weighted by molar-refractivity contribution is -0.281. The Balaban J connectivity index is 1.26. The molecule has 0 radical (unpaired) electrons. The lowest BCUT2D eigenvalue weighted by Gasteiger charge is -2.52. The summed E-state index contributed by atoms with van der Waals surface area (Å²) in [5, 5.41) is 0. The van der Waals surface area contributed by atoms with E-state index in [1.165, 1.54) is 25.7 Å². The standard InChI is InChI=1S/C22H36N2O3/c1-16-11-18-13-17(2)22(19(12-16)14-18)26-15-21(27-22)5-9-24(10-6-21)20(25)23-7-3-4-8-23/h16-19H,3-15H2,1-2H3. The molecule has 5 heteroatoms. The Bertz CT molecular complexity index is 578. The third-order valence-electron chi connectivity index (χ3n) is 8.24. The van der Waals surface area contributed by atoms with Crippen LogP contribution >= 0.6 is 0 Å². The van der Waals surface area contributed by atoms with Crippen LogP contribution in [0.3, 0.4) is 0 Å². The number of amides is 2. The number of hydrogen-bond donors (Lipinski definition) is 0. The summed E-state index contributed by atoms with van der Waals surface area (Å²) in [4.78, 5) is 16.8. The first-order valence-corrected chi connectivity index (χ1v) is 11.4. The van der Waals surface area contributed by atoms with Crippen LogP contribution in [0, 0.1) is 23.7 Å². The zero-order valence-corrected chi connectivity index (χ0v) is 17.1. The van der Waals surface area contributed by atoms with Gasteiger partial charge >= 0.3 is 6.03 Å². The van der Waals surface area contributed by atoms with Gasteiger partial charge in [-0.05, 0) is 63.2 Å². The number of fused-ring (bicyclic) bond motifs is 3. The van der Waals surface area contributed by atoms with E-state index in [1.807, 2.05) is 9.80 Å². The summed E-state index contributed by atoms with van der Waals surface area (Å²) >= 11 is 0. The van der Waals surface area contributed by atoms with Crippen molar-refractivity contribution in [2.75, 3.05) is 32.8 Å². The molecule has 3 heterocycles. The van der Waals surface area contributed by atoms with Gasteiger partial charge in [0.1, 0.15) is 0 Å². The van der Waals surface area contributed by atoms with Gasteiger partial charge in [-0.3, -0.25) is 0 Å². The number of carbonyl (C=O) groups is 1. The number of hydrogen-bond acceptors (Lipinski definition) is 3. The molecule has 5 fully saturated rings. The predicted octanol–water partition coefficient (Wildman–Crippen LogP) is 3.87. The van der Waals surface area contributed by atoms with Crippen LogP contribution in [0.15, 0.2) is 0 Å². The van der Waals surface area contributed by atoms with Crippen LogP contribution in [0.1, 0.15) is 65.2 Å². The van der Waals surface area contributed by atoms with Crippen molar-refractivity contribution < 1.29 is 14.3 Å². The van der Waals surface area contributed by atoms with Crippen molar-refractivity contribution in [3.05, 3.63) is 0 Å². The molecule has 2 aliphatic carbocycles. The molecule has 0 aromatic heterocycles. The fraction of sp³-hybridized carbons (Fsp3) is 0.955. The van der Waals surface area contributed by atoms with Crippen LogP contribution in [-0.2, 0) is 9.47 Å². The zero-order valence-electron chi connectivity index (χ0n) is 17.1. The minimum atomic E-state index is -0.355. The average Bonchev–Trinajstić information content (AvgIpc) is 3.30. The van der Waals surface area contributed by atoms with Gasteiger partial charge in [0.15, 0.2) is 5.79 Å². The summed E-state index contributed by atoms with van der Waals surface area (Å²) in [5.74, 6) is 2.34. The Morgan fingerprint density at radius 3 is 2.37 bits per heavy atom. The number of ether oxygens (including phenoxy) is 2. The molecule has 2 spiro atoms. The van der Waals surface area contributed by atoms with E-state index in [2.05, 4.69) is 13.8 Å². The topological polar surface area (TPSA) is 42.0 Å². The summed E-state index contributed by atoms with van der Waals surface area (Å²) in [5.41, 5.74) is -0.163. The third kappa shape index (κ3) is 3.00. The third-order valence-corrected chi connectivity index (χ3v) is 8.24. The van der Waals surface area contributed by atoms with Gasteiger partial charge in [-0.25, -0.2) is 4.79 Å². The van der Waals surface area contributed by atoms with Crippen molar-refractivity contribution in [2.24, 2.45) is 23.7 Å².